The monoisotopic (exact) mass is 335 g/mol. The normalized spacial score (nSPS) is 21.3. The van der Waals surface area contributed by atoms with Gasteiger partial charge in [-0.05, 0) is 32.8 Å². The lowest BCUT2D eigenvalue weighted by atomic mass is 10.1. The molecule has 0 radical (unpaired) electrons. The highest BCUT2D eigenvalue weighted by Gasteiger charge is 2.41. The third-order valence-electron chi connectivity index (χ3n) is 3.41. The van der Waals surface area contributed by atoms with Crippen molar-refractivity contribution >= 4 is 20.6 Å². The van der Waals surface area contributed by atoms with Crippen LogP contribution in [0.1, 0.15) is 26.3 Å². The van der Waals surface area contributed by atoms with E-state index in [4.69, 9.17) is 13.3 Å². The van der Waals surface area contributed by atoms with E-state index >= 15 is 0 Å². The maximum Gasteiger partial charge on any atom is 0.456 e. The third-order valence-corrected chi connectivity index (χ3v) is 4.23. The van der Waals surface area contributed by atoms with Crippen LogP contribution < -0.4 is 0 Å². The molecule has 5 nitrogen and oxygen atoms in total. The van der Waals surface area contributed by atoms with Gasteiger partial charge in [0.2, 0.25) is 0 Å². The number of benzene rings is 1. The fourth-order valence-corrected chi connectivity index (χ4v) is 3.27. The quantitative estimate of drug-likeness (QED) is 0.791. The van der Waals surface area contributed by atoms with E-state index in [0.717, 1.165) is 5.56 Å². The molecule has 0 aromatic heterocycles. The van der Waals surface area contributed by atoms with Crippen molar-refractivity contribution in [2.45, 2.75) is 56.7 Å². The average molecular weight is 335 g/mol. The number of rotatable bonds is 4. The Balaban J connectivity index is 2.14. The van der Waals surface area contributed by atoms with Gasteiger partial charge in [-0.2, -0.15) is 0 Å². The maximum absolute atomic E-state index is 12.5. The number of carbonyl (C=O) groups is 1. The van der Waals surface area contributed by atoms with Gasteiger partial charge in [0.1, 0.15) is 12.3 Å². The van der Waals surface area contributed by atoms with Gasteiger partial charge in [0.15, 0.2) is 6.29 Å². The van der Waals surface area contributed by atoms with Gasteiger partial charge in [-0.15, -0.1) is 0 Å². The van der Waals surface area contributed by atoms with Gasteiger partial charge in [0, 0.05) is 0 Å². The average Bonchev–Trinajstić information content (AvgIpc) is 2.80. The predicted octanol–water partition coefficient (Wildman–Crippen LogP) is 3.42. The molecule has 6 heteroatoms. The summed E-state index contributed by atoms with van der Waals surface area (Å²) in [5.74, 6) is 4.19. The van der Waals surface area contributed by atoms with Crippen LogP contribution in [-0.2, 0) is 19.7 Å². The Bertz CT molecular complexity index is 515. The molecule has 126 valence electrons. The first-order valence-corrected chi connectivity index (χ1v) is 10.8. The second-order valence-corrected chi connectivity index (χ2v) is 9.43. The summed E-state index contributed by atoms with van der Waals surface area (Å²) in [4.78, 5) is 14.1. The molecule has 1 aromatic carbocycles. The lowest BCUT2D eigenvalue weighted by Crippen LogP contribution is -2.45. The molecule has 1 saturated heterocycles. The van der Waals surface area contributed by atoms with Gasteiger partial charge in [-0.1, -0.05) is 41.9 Å². The molecule has 1 fully saturated rings. The first-order chi connectivity index (χ1) is 10.8. The fourth-order valence-electron chi connectivity index (χ4n) is 2.48. The standard InChI is InChI=1S/C15H20NO4.2CH3.Al/c1-15(2,3)20-14(18)16-10-19-13(17)12(16)9-11-7-5-4-6-8-11;;;/h4-8,12-13H,9-10H2,1-3H3;2*1H3;/q-1;;;+1/t12-,13?;;;/m0.../s1. The topological polar surface area (TPSA) is 48.0 Å². The van der Waals surface area contributed by atoms with Gasteiger partial charge in [-0.25, -0.2) is 4.79 Å². The number of hydrogen-bond donors (Lipinski definition) is 0. The molecule has 0 N–H and O–H groups in total. The number of carbonyl (C=O) groups excluding carboxylic acids is 1. The molecular formula is C17H26AlNO4. The summed E-state index contributed by atoms with van der Waals surface area (Å²) < 4.78 is 17.2. The van der Waals surface area contributed by atoms with E-state index in [-0.39, 0.29) is 25.2 Å². The van der Waals surface area contributed by atoms with Gasteiger partial charge in [0.25, 0.3) is 0 Å². The second-order valence-electron chi connectivity index (χ2n) is 7.06. The van der Waals surface area contributed by atoms with E-state index in [1.165, 1.54) is 0 Å². The Kier molecular flexibility index (Phi) is 6.10. The van der Waals surface area contributed by atoms with Crippen molar-refractivity contribution in [2.24, 2.45) is 0 Å². The lowest BCUT2D eigenvalue weighted by molar-refractivity contribution is -0.0492. The molecule has 1 aliphatic rings. The van der Waals surface area contributed by atoms with Crippen LogP contribution in [0.3, 0.4) is 0 Å². The molecule has 23 heavy (non-hydrogen) atoms. The van der Waals surface area contributed by atoms with Crippen LogP contribution in [0.15, 0.2) is 30.3 Å². The van der Waals surface area contributed by atoms with Crippen LogP contribution in [0.2, 0.25) is 11.6 Å². The minimum Gasteiger partial charge on any atom is -0.476 e. The van der Waals surface area contributed by atoms with Crippen molar-refractivity contribution in [1.82, 2.24) is 4.90 Å². The van der Waals surface area contributed by atoms with Crippen LogP contribution in [0.5, 0.6) is 0 Å². The zero-order valence-electron chi connectivity index (χ0n) is 14.6. The zero-order valence-corrected chi connectivity index (χ0v) is 15.8. The first kappa shape index (κ1) is 18.3. The number of amides is 1. The van der Waals surface area contributed by atoms with Crippen molar-refractivity contribution in [3.63, 3.8) is 0 Å². The molecule has 2 atom stereocenters. The molecule has 0 bridgehead atoms. The molecule has 1 amide bonds. The van der Waals surface area contributed by atoms with Gasteiger partial charge >= 0.3 is 20.6 Å². The predicted molar refractivity (Wildman–Crippen MR) is 90.3 cm³/mol. The highest BCUT2D eigenvalue weighted by molar-refractivity contribution is 6.48. The van der Waals surface area contributed by atoms with E-state index in [2.05, 4.69) is 23.7 Å². The molecule has 1 unspecified atom stereocenters. The van der Waals surface area contributed by atoms with E-state index in [0.29, 0.717) is 6.42 Å². The number of ether oxygens (including phenoxy) is 2. The molecular weight excluding hydrogens is 309 g/mol. The summed E-state index contributed by atoms with van der Waals surface area (Å²) in [5.41, 5.74) is 0.621. The van der Waals surface area contributed by atoms with Crippen LogP contribution in [0.25, 0.3) is 0 Å². The van der Waals surface area contributed by atoms with E-state index in [1.807, 2.05) is 39.0 Å². The van der Waals surface area contributed by atoms with Crippen molar-refractivity contribution in [1.29, 1.82) is 0 Å². The van der Waals surface area contributed by atoms with Crippen LogP contribution in [-0.4, -0.2) is 50.1 Å². The molecule has 0 aliphatic carbocycles. The summed E-state index contributed by atoms with van der Waals surface area (Å²) in [5, 5.41) is 0. The SMILES string of the molecule is [CH3][Al]([CH3])[O]C1OCN(C(=O)OC(C)(C)C)[C@H]1Cc1ccccc1. The Morgan fingerprint density at radius 1 is 1.30 bits per heavy atom. The van der Waals surface area contributed by atoms with Gasteiger partial charge in [0.05, 0.1) is 6.04 Å². The summed E-state index contributed by atoms with van der Waals surface area (Å²) in [6.07, 6.45) is -0.0457. The van der Waals surface area contributed by atoms with Crippen molar-refractivity contribution < 1.29 is 18.1 Å². The highest BCUT2D eigenvalue weighted by Crippen LogP contribution is 2.25. The summed E-state index contributed by atoms with van der Waals surface area (Å²) >= 11 is -1.27. The Morgan fingerprint density at radius 3 is 2.52 bits per heavy atom. The second kappa shape index (κ2) is 7.67. The third kappa shape index (κ3) is 5.51. The smallest absolute Gasteiger partial charge is 0.456 e. The van der Waals surface area contributed by atoms with Crippen LogP contribution in [0.4, 0.5) is 4.79 Å². The van der Waals surface area contributed by atoms with Crippen molar-refractivity contribution in [3.05, 3.63) is 35.9 Å². The minimum atomic E-state index is -1.27. The summed E-state index contributed by atoms with van der Waals surface area (Å²) in [6.45, 7) is 5.80. The van der Waals surface area contributed by atoms with E-state index in [9.17, 15) is 4.79 Å². The Labute approximate surface area is 143 Å². The molecule has 1 aliphatic heterocycles. The fraction of sp³-hybridized carbons (Fsp3) is 0.588. The van der Waals surface area contributed by atoms with Crippen LogP contribution >= 0.6 is 0 Å². The zero-order chi connectivity index (χ0) is 17.0. The van der Waals surface area contributed by atoms with Crippen molar-refractivity contribution in [3.8, 4) is 0 Å². The molecule has 1 aromatic rings. The number of hydrogen-bond acceptors (Lipinski definition) is 4. The van der Waals surface area contributed by atoms with E-state index < -0.39 is 20.1 Å². The molecule has 2 rings (SSSR count). The first-order valence-electron chi connectivity index (χ1n) is 8.07. The van der Waals surface area contributed by atoms with E-state index in [1.54, 1.807) is 4.90 Å². The highest BCUT2D eigenvalue weighted by atomic mass is 27.2. The van der Waals surface area contributed by atoms with Crippen LogP contribution in [0, 0.1) is 0 Å². The number of nitrogens with zero attached hydrogens (tertiary/aromatic N) is 1. The van der Waals surface area contributed by atoms with Gasteiger partial charge < -0.3 is 13.3 Å². The molecule has 0 saturated carbocycles. The summed E-state index contributed by atoms with van der Waals surface area (Å²) in [6, 6.07) is 9.91. The maximum atomic E-state index is 12.5. The molecule has 0 spiro atoms. The summed E-state index contributed by atoms with van der Waals surface area (Å²) in [7, 11) is 0. The Morgan fingerprint density at radius 2 is 1.96 bits per heavy atom. The largest absolute Gasteiger partial charge is 0.476 e. The minimum absolute atomic E-state index is 0.165. The molecule has 1 heterocycles. The lowest BCUT2D eigenvalue weighted by Gasteiger charge is -2.29. The van der Waals surface area contributed by atoms with Crippen molar-refractivity contribution in [2.75, 3.05) is 6.73 Å². The Hall–Kier alpha value is -1.06. The van der Waals surface area contributed by atoms with Gasteiger partial charge in [-0.3, -0.25) is 4.90 Å².